The normalized spacial score (nSPS) is 26.7. The number of nitrogens with one attached hydrogen (secondary N) is 1. The van der Waals surface area contributed by atoms with Crippen molar-refractivity contribution in [2.24, 2.45) is 0 Å². The van der Waals surface area contributed by atoms with Crippen molar-refractivity contribution in [1.29, 1.82) is 0 Å². The summed E-state index contributed by atoms with van der Waals surface area (Å²) in [5, 5.41) is 13.1. The number of nitrogens with two attached hydrogens (primary N) is 1. The molecule has 3 heterocycles. The van der Waals surface area contributed by atoms with Crippen molar-refractivity contribution in [1.82, 2.24) is 24.6 Å². The van der Waals surface area contributed by atoms with E-state index in [2.05, 4.69) is 20.0 Å². The van der Waals surface area contributed by atoms with E-state index >= 15 is 4.39 Å². The molecular formula is C19H31FN7O6P. The van der Waals surface area contributed by atoms with Crippen LogP contribution in [0.1, 0.15) is 33.9 Å². The lowest BCUT2D eigenvalue weighted by Gasteiger charge is -2.24. The molecule has 13 nitrogen and oxygen atoms in total. The van der Waals surface area contributed by atoms with Crippen LogP contribution in [0, 0.1) is 0 Å². The highest BCUT2D eigenvalue weighted by atomic mass is 31.1. The molecule has 0 radical (unpaired) electrons. The molecule has 3 rings (SSSR count). The van der Waals surface area contributed by atoms with E-state index in [-0.39, 0.29) is 24.3 Å². The van der Waals surface area contributed by atoms with Crippen molar-refractivity contribution >= 4 is 37.1 Å². The van der Waals surface area contributed by atoms with Gasteiger partial charge in [0.25, 0.3) is 8.18 Å². The monoisotopic (exact) mass is 503 g/mol. The Morgan fingerprint density at radius 3 is 2.74 bits per heavy atom. The van der Waals surface area contributed by atoms with E-state index in [1.165, 1.54) is 24.7 Å². The fraction of sp³-hybridized carbons (Fsp3) is 0.684. The summed E-state index contributed by atoms with van der Waals surface area (Å²) in [5.41, 5.74) is 4.16. The van der Waals surface area contributed by atoms with Crippen LogP contribution in [0.25, 0.3) is 11.2 Å². The zero-order valence-corrected chi connectivity index (χ0v) is 20.9. The summed E-state index contributed by atoms with van der Waals surface area (Å²) in [4.78, 5) is 26.1. The number of aliphatic hydroxyl groups excluding tert-OH is 1. The van der Waals surface area contributed by atoms with Crippen molar-refractivity contribution in [2.75, 3.05) is 31.3 Å². The molecule has 1 saturated heterocycles. The van der Waals surface area contributed by atoms with Gasteiger partial charge in [-0.3, -0.25) is 13.9 Å². The van der Waals surface area contributed by atoms with E-state index in [0.717, 1.165) is 0 Å². The maximum Gasteiger partial charge on any atom is 0.323 e. The van der Waals surface area contributed by atoms with Crippen molar-refractivity contribution in [3.8, 4) is 0 Å². The molecule has 1 aliphatic rings. The van der Waals surface area contributed by atoms with Crippen LogP contribution in [-0.4, -0.2) is 81.3 Å². The van der Waals surface area contributed by atoms with E-state index in [0.29, 0.717) is 11.3 Å². The molecular weight excluding hydrogens is 472 g/mol. The van der Waals surface area contributed by atoms with Gasteiger partial charge in [-0.15, -0.1) is 0 Å². The number of fused-ring (bicyclic) bond motifs is 1. The first kappa shape index (κ1) is 26.2. The van der Waals surface area contributed by atoms with Gasteiger partial charge in [0.15, 0.2) is 28.9 Å². The molecule has 0 saturated carbocycles. The smallest absolute Gasteiger partial charge is 0.323 e. The van der Waals surface area contributed by atoms with Gasteiger partial charge in [-0.2, -0.15) is 9.97 Å². The summed E-state index contributed by atoms with van der Waals surface area (Å²) >= 11 is 0. The number of rotatable bonds is 9. The number of aliphatic hydroxyl groups is 1. The van der Waals surface area contributed by atoms with Gasteiger partial charge in [0.2, 0.25) is 5.95 Å². The lowest BCUT2D eigenvalue weighted by atomic mass is 9.98. The number of nitrogens with zero attached hydrogens (tertiary/aromatic N) is 5. The Bertz CT molecular complexity index is 1070. The molecule has 2 aromatic heterocycles. The molecule has 0 aromatic carbocycles. The van der Waals surface area contributed by atoms with Gasteiger partial charge < -0.3 is 29.7 Å². The molecule has 0 amide bonds. The third kappa shape index (κ3) is 5.31. The van der Waals surface area contributed by atoms with Crippen LogP contribution in [-0.2, 0) is 23.4 Å². The first-order chi connectivity index (χ1) is 15.8. The maximum atomic E-state index is 15.6. The van der Waals surface area contributed by atoms with Crippen LogP contribution in [0.4, 0.5) is 16.2 Å². The number of halogens is 1. The number of nitrogen functional groups attached to an aromatic ring is 1. The van der Waals surface area contributed by atoms with Crippen LogP contribution in [0.2, 0.25) is 0 Å². The van der Waals surface area contributed by atoms with E-state index < -0.39 is 44.3 Å². The number of aromatic nitrogens is 4. The zero-order valence-electron chi connectivity index (χ0n) is 19.9. The lowest BCUT2D eigenvalue weighted by Crippen LogP contribution is -2.40. The van der Waals surface area contributed by atoms with Gasteiger partial charge in [-0.1, -0.05) is 0 Å². The number of hydrogen-bond acceptors (Lipinski definition) is 11. The second-order valence-corrected chi connectivity index (χ2v) is 9.85. The minimum absolute atomic E-state index is 0.0354. The quantitative estimate of drug-likeness (QED) is 0.326. The van der Waals surface area contributed by atoms with Crippen molar-refractivity contribution in [3.63, 3.8) is 0 Å². The molecule has 1 unspecified atom stereocenters. The lowest BCUT2D eigenvalue weighted by molar-refractivity contribution is -0.149. The molecule has 0 aliphatic carbocycles. The van der Waals surface area contributed by atoms with Gasteiger partial charge in [-0.05, 0) is 27.7 Å². The number of alkyl halides is 1. The van der Waals surface area contributed by atoms with Crippen molar-refractivity contribution < 1.29 is 32.9 Å². The Hall–Kier alpha value is -2.38. The summed E-state index contributed by atoms with van der Waals surface area (Å²) < 4.78 is 45.2. The number of esters is 1. The molecule has 4 N–H and O–H groups in total. The first-order valence-corrected chi connectivity index (χ1v) is 12.0. The van der Waals surface area contributed by atoms with E-state index in [1.54, 1.807) is 32.8 Å². The summed E-state index contributed by atoms with van der Waals surface area (Å²) in [5.74, 6) is -0.183. The number of ether oxygens (including phenoxy) is 2. The summed E-state index contributed by atoms with van der Waals surface area (Å²) in [6.45, 7) is 5.65. The third-order valence-electron chi connectivity index (χ3n) is 5.23. The second-order valence-electron chi connectivity index (χ2n) is 8.70. The Morgan fingerprint density at radius 2 is 2.12 bits per heavy atom. The Balaban J connectivity index is 1.73. The van der Waals surface area contributed by atoms with E-state index in [9.17, 15) is 14.5 Å². The van der Waals surface area contributed by atoms with E-state index in [4.69, 9.17) is 19.7 Å². The minimum Gasteiger partial charge on any atom is -0.462 e. The first-order valence-electron chi connectivity index (χ1n) is 10.7. The van der Waals surface area contributed by atoms with Gasteiger partial charge in [-0.25, -0.2) is 14.5 Å². The van der Waals surface area contributed by atoms with Crippen LogP contribution < -0.4 is 15.7 Å². The van der Waals surface area contributed by atoms with Crippen LogP contribution in [0.3, 0.4) is 0 Å². The molecule has 190 valence electrons. The zero-order chi connectivity index (χ0) is 25.4. The molecule has 34 heavy (non-hydrogen) atoms. The fourth-order valence-electron chi connectivity index (χ4n) is 3.52. The SMILES string of the molecule is CC(C)OC(=O)[C@@H](C)N[PH](=O)OC[C@H]1O[C@@H](n2cnc3c(N(C)C)nc(N)nc32)[C@](C)(F)[C@@H]1O. The highest BCUT2D eigenvalue weighted by molar-refractivity contribution is 7.36. The van der Waals surface area contributed by atoms with Gasteiger partial charge in [0.1, 0.15) is 18.2 Å². The van der Waals surface area contributed by atoms with Crippen LogP contribution in [0.5, 0.6) is 0 Å². The summed E-state index contributed by atoms with van der Waals surface area (Å²) in [6, 6.07) is -0.879. The number of carbonyl (C=O) groups excluding carboxylic acids is 1. The predicted molar refractivity (Wildman–Crippen MR) is 122 cm³/mol. The summed E-state index contributed by atoms with van der Waals surface area (Å²) in [7, 11) is 0.587. The average molecular weight is 503 g/mol. The van der Waals surface area contributed by atoms with Gasteiger partial charge in [0.05, 0.1) is 19.0 Å². The summed E-state index contributed by atoms with van der Waals surface area (Å²) in [6.07, 6.45) is -3.08. The van der Waals surface area contributed by atoms with E-state index in [1.807, 2.05) is 0 Å². The third-order valence-corrected chi connectivity index (χ3v) is 6.33. The fourth-order valence-corrected chi connectivity index (χ4v) is 4.39. The standard InChI is InChI=1S/C19H31FN7O6P/c1-9(2)32-16(29)10(3)25-34(30)31-7-11-13(28)19(4,20)17(33-11)27-8-22-12-14(26(5)6)23-18(21)24-15(12)27/h8-11,13,17,28,34H,7H2,1-6H3,(H,25,30)(H2,21,23,24)/t10-,11-,13-,17-,19-/m1/s1. The Kier molecular flexibility index (Phi) is 7.78. The van der Waals surface area contributed by atoms with Gasteiger partial charge in [0, 0.05) is 14.1 Å². The van der Waals surface area contributed by atoms with Crippen molar-refractivity contribution in [3.05, 3.63) is 6.33 Å². The largest absolute Gasteiger partial charge is 0.462 e. The highest BCUT2D eigenvalue weighted by Crippen LogP contribution is 2.43. The molecule has 0 spiro atoms. The number of carbonyl (C=O) groups is 1. The molecule has 0 bridgehead atoms. The Labute approximate surface area is 196 Å². The number of imidazole rings is 1. The highest BCUT2D eigenvalue weighted by Gasteiger charge is 2.55. The average Bonchev–Trinajstić information content (AvgIpc) is 3.23. The predicted octanol–water partition coefficient (Wildman–Crippen LogP) is 0.797. The molecule has 1 aliphatic heterocycles. The number of anilines is 2. The molecule has 15 heteroatoms. The maximum absolute atomic E-state index is 15.6. The van der Waals surface area contributed by atoms with Crippen LogP contribution in [0.15, 0.2) is 6.33 Å². The van der Waals surface area contributed by atoms with Crippen molar-refractivity contribution in [2.45, 2.75) is 63.9 Å². The minimum atomic E-state index is -2.92. The molecule has 1 fully saturated rings. The Morgan fingerprint density at radius 1 is 1.44 bits per heavy atom. The second kappa shape index (κ2) is 10.1. The topological polar surface area (TPSA) is 167 Å². The number of hydrogen-bond donors (Lipinski definition) is 3. The molecule has 2 aromatic rings. The molecule has 6 atom stereocenters. The van der Waals surface area contributed by atoms with Crippen LogP contribution >= 0.6 is 8.18 Å². The van der Waals surface area contributed by atoms with Gasteiger partial charge >= 0.3 is 5.97 Å².